The molecule has 0 bridgehead atoms. The molecular formula is C41H42F3N8O3+. The molecule has 0 radical (unpaired) electrons. The Morgan fingerprint density at radius 1 is 0.945 bits per heavy atom. The van der Waals surface area contributed by atoms with Crippen LogP contribution >= 0.6 is 0 Å². The van der Waals surface area contributed by atoms with Gasteiger partial charge in [-0.15, -0.1) is 0 Å². The first-order valence-corrected chi connectivity index (χ1v) is 17.8. The van der Waals surface area contributed by atoms with Crippen LogP contribution in [0.1, 0.15) is 64.7 Å². The first kappa shape index (κ1) is 38.5. The van der Waals surface area contributed by atoms with Gasteiger partial charge in [0.05, 0.1) is 67.8 Å². The monoisotopic (exact) mass is 751 g/mol. The number of benzene rings is 3. The van der Waals surface area contributed by atoms with Crippen molar-refractivity contribution in [3.8, 4) is 28.8 Å². The number of hydrogen-bond acceptors (Lipinski definition) is 6. The topological polar surface area (TPSA) is 124 Å². The summed E-state index contributed by atoms with van der Waals surface area (Å²) in [5, 5.41) is 16.7. The van der Waals surface area contributed by atoms with Crippen molar-refractivity contribution in [3.05, 3.63) is 142 Å². The van der Waals surface area contributed by atoms with Crippen LogP contribution in [0.4, 0.5) is 13.2 Å². The number of alkyl halides is 3. The fourth-order valence-corrected chi connectivity index (χ4v) is 6.75. The van der Waals surface area contributed by atoms with Gasteiger partial charge < -0.3 is 14.2 Å². The van der Waals surface area contributed by atoms with Crippen LogP contribution in [0.5, 0.6) is 0 Å². The maximum absolute atomic E-state index is 14.1. The van der Waals surface area contributed by atoms with E-state index in [0.29, 0.717) is 46.7 Å². The number of halogens is 3. The zero-order valence-corrected chi connectivity index (χ0v) is 31.0. The van der Waals surface area contributed by atoms with E-state index >= 15 is 0 Å². The molecule has 6 aromatic rings. The number of rotatable bonds is 8. The molecule has 11 nitrogen and oxygen atoms in total. The van der Waals surface area contributed by atoms with Gasteiger partial charge in [0.25, 0.3) is 11.5 Å². The van der Waals surface area contributed by atoms with Crippen LogP contribution in [0.25, 0.3) is 22.8 Å². The minimum absolute atomic E-state index is 0.0526. The largest absolute Gasteiger partial charge is 0.439 e. The molecule has 0 spiro atoms. The summed E-state index contributed by atoms with van der Waals surface area (Å²) in [5.74, 6) is 0.950. The molecule has 55 heavy (non-hydrogen) atoms. The van der Waals surface area contributed by atoms with Crippen LogP contribution in [0.3, 0.4) is 0 Å². The summed E-state index contributed by atoms with van der Waals surface area (Å²) in [6.07, 6.45) is 1.30. The highest BCUT2D eigenvalue weighted by atomic mass is 19.4. The van der Waals surface area contributed by atoms with E-state index in [4.69, 9.17) is 4.42 Å². The number of hydrogen-bond donors (Lipinski definition) is 1. The highest BCUT2D eigenvalue weighted by molar-refractivity contribution is 6.00. The number of carbonyl (C=O) groups is 1. The van der Waals surface area contributed by atoms with E-state index in [1.165, 1.54) is 34.7 Å². The SMILES string of the molecule is Cn1c(-c2ccnn2-c2ccc(C#N)cc2)c(C(=O)N[C@H]2CC[C@H](c3ncc(C[N+](C)(C)C)o3)CC2)c(=O)n1-c1cccc(C(F)(F)F)c1.c1ccccc1. The van der Waals surface area contributed by atoms with Crippen LogP contribution in [-0.2, 0) is 19.8 Å². The molecule has 0 atom stereocenters. The lowest BCUT2D eigenvalue weighted by atomic mass is 9.86. The minimum atomic E-state index is -4.64. The van der Waals surface area contributed by atoms with Crippen molar-refractivity contribution in [2.24, 2.45) is 7.05 Å². The van der Waals surface area contributed by atoms with Crippen LogP contribution in [-0.4, -0.2) is 61.7 Å². The van der Waals surface area contributed by atoms with Gasteiger partial charge in [0.1, 0.15) is 17.8 Å². The van der Waals surface area contributed by atoms with E-state index in [1.54, 1.807) is 36.5 Å². The fourth-order valence-electron chi connectivity index (χ4n) is 6.75. The van der Waals surface area contributed by atoms with Crippen molar-refractivity contribution in [2.75, 3.05) is 21.1 Å². The number of quaternary nitrogens is 1. The third-order valence-electron chi connectivity index (χ3n) is 9.32. The van der Waals surface area contributed by atoms with Crippen LogP contribution in [0.15, 0.2) is 113 Å². The van der Waals surface area contributed by atoms with Gasteiger partial charge >= 0.3 is 6.18 Å². The standard InChI is InChI=1S/C35H35F3N8O3.C6H6/c1-43-31(29-16-17-41-44(29)26-14-8-22(19-39)9-15-26)30(34(48)45(43)27-7-5-6-24(18-27)35(36,37)38)32(47)42-25-12-10-23(11-13-25)33-40-20-28(49-33)21-46(2,3)4;1-2-4-6-5-3-1/h5-9,14-18,20,23,25H,10-13,21H2,1-4H3;1-6H/p+1/t23-,25-;. The van der Waals surface area contributed by atoms with Crippen molar-refractivity contribution in [1.82, 2.24) is 29.4 Å². The lowest BCUT2D eigenvalue weighted by Gasteiger charge is -2.27. The Kier molecular flexibility index (Phi) is 11.2. The van der Waals surface area contributed by atoms with E-state index in [0.717, 1.165) is 35.4 Å². The molecule has 284 valence electrons. The van der Waals surface area contributed by atoms with Crippen LogP contribution in [0.2, 0.25) is 0 Å². The summed E-state index contributed by atoms with van der Waals surface area (Å²) in [6.45, 7) is 0.708. The first-order chi connectivity index (χ1) is 26.2. The predicted octanol–water partition coefficient (Wildman–Crippen LogP) is 7.26. The fraction of sp³-hybridized carbons (Fsp3) is 0.293. The Hall–Kier alpha value is -6.20. The lowest BCUT2D eigenvalue weighted by Crippen LogP contribution is -2.39. The van der Waals surface area contributed by atoms with Crippen molar-refractivity contribution in [3.63, 3.8) is 0 Å². The number of nitriles is 1. The quantitative estimate of drug-likeness (QED) is 0.164. The number of nitrogens with one attached hydrogen (secondary N) is 1. The lowest BCUT2D eigenvalue weighted by molar-refractivity contribution is -0.884. The van der Waals surface area contributed by atoms with Crippen molar-refractivity contribution in [2.45, 2.75) is 50.4 Å². The predicted molar refractivity (Wildman–Crippen MR) is 200 cm³/mol. The Bertz CT molecular complexity index is 2310. The summed E-state index contributed by atoms with van der Waals surface area (Å²) in [5.41, 5.74) is -0.474. The molecule has 7 rings (SSSR count). The molecule has 1 aliphatic carbocycles. The molecular weight excluding hydrogens is 709 g/mol. The number of carbonyl (C=O) groups excluding carboxylic acids is 1. The summed E-state index contributed by atoms with van der Waals surface area (Å²) in [7, 11) is 7.73. The molecule has 3 heterocycles. The number of nitrogens with zero attached hydrogens (tertiary/aromatic N) is 7. The molecule has 1 saturated carbocycles. The van der Waals surface area contributed by atoms with E-state index in [1.807, 2.05) is 36.4 Å². The van der Waals surface area contributed by atoms with Crippen LogP contribution < -0.4 is 10.9 Å². The van der Waals surface area contributed by atoms with E-state index < -0.39 is 23.2 Å². The average molecular weight is 752 g/mol. The van der Waals surface area contributed by atoms with Gasteiger partial charge in [-0.3, -0.25) is 14.3 Å². The minimum Gasteiger partial charge on any atom is -0.439 e. The van der Waals surface area contributed by atoms with Crippen molar-refractivity contribution < 1.29 is 26.9 Å². The Morgan fingerprint density at radius 3 is 2.20 bits per heavy atom. The molecule has 14 heteroatoms. The third-order valence-corrected chi connectivity index (χ3v) is 9.32. The maximum Gasteiger partial charge on any atom is 0.416 e. The number of amides is 1. The number of oxazole rings is 1. The molecule has 3 aromatic heterocycles. The second-order valence-corrected chi connectivity index (χ2v) is 14.5. The highest BCUT2D eigenvalue weighted by Gasteiger charge is 2.34. The normalized spacial score (nSPS) is 15.8. The van der Waals surface area contributed by atoms with Gasteiger partial charge in [-0.25, -0.2) is 14.3 Å². The molecule has 1 amide bonds. The Balaban J connectivity index is 0.000000782. The Morgan fingerprint density at radius 2 is 1.60 bits per heavy atom. The second-order valence-electron chi connectivity index (χ2n) is 14.5. The van der Waals surface area contributed by atoms with Crippen LogP contribution in [0, 0.1) is 11.3 Å². The van der Waals surface area contributed by atoms with E-state index in [-0.39, 0.29) is 28.9 Å². The summed E-state index contributed by atoms with van der Waals surface area (Å²) >= 11 is 0. The molecule has 3 aromatic carbocycles. The smallest absolute Gasteiger partial charge is 0.416 e. The molecule has 0 aliphatic heterocycles. The van der Waals surface area contributed by atoms with Gasteiger partial charge in [-0.2, -0.15) is 23.5 Å². The van der Waals surface area contributed by atoms with Gasteiger partial charge in [0.15, 0.2) is 11.7 Å². The summed E-state index contributed by atoms with van der Waals surface area (Å²) in [4.78, 5) is 32.7. The Labute approximate surface area is 316 Å². The summed E-state index contributed by atoms with van der Waals surface area (Å²) in [6, 6.07) is 26.4. The van der Waals surface area contributed by atoms with Gasteiger partial charge in [-0.05, 0) is 74.2 Å². The van der Waals surface area contributed by atoms with Gasteiger partial charge in [-0.1, -0.05) is 42.5 Å². The summed E-state index contributed by atoms with van der Waals surface area (Å²) < 4.78 is 51.7. The molecule has 0 unspecified atom stereocenters. The first-order valence-electron chi connectivity index (χ1n) is 17.8. The van der Waals surface area contributed by atoms with Crippen molar-refractivity contribution >= 4 is 5.91 Å². The average Bonchev–Trinajstić information content (AvgIpc) is 3.90. The van der Waals surface area contributed by atoms with E-state index in [9.17, 15) is 28.0 Å². The maximum atomic E-state index is 14.1. The van der Waals surface area contributed by atoms with Gasteiger partial charge in [0.2, 0.25) is 0 Å². The second kappa shape index (κ2) is 16.0. The molecule has 1 aliphatic rings. The highest BCUT2D eigenvalue weighted by Crippen LogP contribution is 2.34. The van der Waals surface area contributed by atoms with Gasteiger partial charge in [0, 0.05) is 19.0 Å². The number of aromatic nitrogens is 5. The third kappa shape index (κ3) is 8.96. The molecule has 1 N–H and O–H groups in total. The molecule has 0 saturated heterocycles. The van der Waals surface area contributed by atoms with E-state index in [2.05, 4.69) is 42.6 Å². The van der Waals surface area contributed by atoms with Crippen molar-refractivity contribution in [1.29, 1.82) is 5.26 Å². The zero-order valence-electron chi connectivity index (χ0n) is 31.0. The zero-order chi connectivity index (χ0) is 39.3. The molecule has 1 fully saturated rings.